The molecule has 6 heteroatoms. The largest absolute Gasteiger partial charge is 0.382 e. The van der Waals surface area contributed by atoms with Crippen molar-refractivity contribution in [3.63, 3.8) is 0 Å². The van der Waals surface area contributed by atoms with E-state index in [0.717, 1.165) is 5.56 Å². The zero-order chi connectivity index (χ0) is 13.9. The number of methoxy groups -OCH3 is 1. The fourth-order valence-electron chi connectivity index (χ4n) is 1.74. The summed E-state index contributed by atoms with van der Waals surface area (Å²) in [5, 5.41) is 4.58. The Hall–Kier alpha value is -1.43. The van der Waals surface area contributed by atoms with Gasteiger partial charge in [-0.25, -0.2) is 0 Å². The second-order valence-corrected chi connectivity index (χ2v) is 5.11. The number of ether oxygens (including phenoxy) is 1. The van der Waals surface area contributed by atoms with Crippen LogP contribution in [0.15, 0.2) is 28.8 Å². The second kappa shape index (κ2) is 5.69. The molecule has 1 aromatic heterocycles. The van der Waals surface area contributed by atoms with Crippen molar-refractivity contribution in [1.82, 2.24) is 10.1 Å². The molecule has 0 amide bonds. The van der Waals surface area contributed by atoms with Crippen molar-refractivity contribution in [2.45, 2.75) is 18.9 Å². The molecule has 1 atom stereocenters. The van der Waals surface area contributed by atoms with E-state index in [2.05, 4.69) is 10.1 Å². The van der Waals surface area contributed by atoms with Crippen LogP contribution in [0.1, 0.15) is 24.2 Å². The van der Waals surface area contributed by atoms with E-state index in [1.165, 1.54) is 0 Å². The number of rotatable bonds is 5. The molecule has 0 saturated carbocycles. The maximum Gasteiger partial charge on any atom is 0.231 e. The van der Waals surface area contributed by atoms with Gasteiger partial charge in [0, 0.05) is 12.1 Å². The van der Waals surface area contributed by atoms with Gasteiger partial charge in [0.05, 0.1) is 13.0 Å². The zero-order valence-corrected chi connectivity index (χ0v) is 11.6. The van der Waals surface area contributed by atoms with E-state index >= 15 is 0 Å². The Kier molecular flexibility index (Phi) is 4.19. The van der Waals surface area contributed by atoms with Crippen LogP contribution in [0.4, 0.5) is 0 Å². The highest BCUT2D eigenvalue weighted by Gasteiger charge is 2.27. The molecular formula is C13H16ClN3O2. The number of nitrogens with zero attached hydrogens (tertiary/aromatic N) is 2. The number of hydrogen-bond donors (Lipinski definition) is 1. The van der Waals surface area contributed by atoms with E-state index < -0.39 is 5.54 Å². The zero-order valence-electron chi connectivity index (χ0n) is 10.9. The quantitative estimate of drug-likeness (QED) is 0.909. The minimum Gasteiger partial charge on any atom is -0.382 e. The summed E-state index contributed by atoms with van der Waals surface area (Å²) in [6.45, 7) is 2.12. The molecule has 0 aliphatic carbocycles. The van der Waals surface area contributed by atoms with Gasteiger partial charge in [-0.2, -0.15) is 4.98 Å². The molecule has 0 spiro atoms. The second-order valence-electron chi connectivity index (χ2n) is 4.67. The molecule has 5 nitrogen and oxygen atoms in total. The third kappa shape index (κ3) is 3.53. The molecule has 102 valence electrons. The van der Waals surface area contributed by atoms with Gasteiger partial charge in [0.15, 0.2) is 5.82 Å². The van der Waals surface area contributed by atoms with Gasteiger partial charge in [0.2, 0.25) is 5.89 Å². The van der Waals surface area contributed by atoms with E-state index in [1.807, 2.05) is 24.3 Å². The van der Waals surface area contributed by atoms with Gasteiger partial charge in [-0.05, 0) is 24.6 Å². The normalized spacial score (nSPS) is 14.3. The van der Waals surface area contributed by atoms with Crippen LogP contribution >= 0.6 is 11.6 Å². The third-order valence-corrected chi connectivity index (χ3v) is 2.90. The average molecular weight is 282 g/mol. The SMILES string of the molecule is COCC(C)(N)c1noc(Cc2cccc(Cl)c2)n1. The van der Waals surface area contributed by atoms with Gasteiger partial charge >= 0.3 is 0 Å². The number of hydrogen-bond acceptors (Lipinski definition) is 5. The Morgan fingerprint density at radius 3 is 2.95 bits per heavy atom. The Bertz CT molecular complexity index is 554. The minimum absolute atomic E-state index is 0.323. The van der Waals surface area contributed by atoms with E-state index in [-0.39, 0.29) is 0 Å². The molecule has 2 rings (SSSR count). The third-order valence-electron chi connectivity index (χ3n) is 2.67. The highest BCUT2D eigenvalue weighted by Crippen LogP contribution is 2.17. The van der Waals surface area contributed by atoms with Crippen LogP contribution in [0.5, 0.6) is 0 Å². The maximum absolute atomic E-state index is 6.05. The molecule has 0 aliphatic heterocycles. The lowest BCUT2D eigenvalue weighted by Crippen LogP contribution is -2.39. The molecule has 1 unspecified atom stereocenters. The summed E-state index contributed by atoms with van der Waals surface area (Å²) in [5.74, 6) is 0.941. The van der Waals surface area contributed by atoms with Crippen LogP contribution in [-0.2, 0) is 16.7 Å². The van der Waals surface area contributed by atoms with E-state index in [0.29, 0.717) is 29.8 Å². The van der Waals surface area contributed by atoms with Crippen LogP contribution in [0.3, 0.4) is 0 Å². The first kappa shape index (κ1) is 14.0. The van der Waals surface area contributed by atoms with Gasteiger partial charge in [-0.15, -0.1) is 0 Å². The van der Waals surface area contributed by atoms with Crippen molar-refractivity contribution in [3.8, 4) is 0 Å². The summed E-state index contributed by atoms with van der Waals surface area (Å²) < 4.78 is 10.2. The van der Waals surface area contributed by atoms with Crippen molar-refractivity contribution in [1.29, 1.82) is 0 Å². The topological polar surface area (TPSA) is 74.2 Å². The number of halogens is 1. The first-order chi connectivity index (χ1) is 9.01. The summed E-state index contributed by atoms with van der Waals surface area (Å²) in [7, 11) is 1.58. The number of benzene rings is 1. The molecular weight excluding hydrogens is 266 g/mol. The van der Waals surface area contributed by atoms with Crippen LogP contribution in [0, 0.1) is 0 Å². The Morgan fingerprint density at radius 2 is 2.26 bits per heavy atom. The molecule has 0 radical (unpaired) electrons. The van der Waals surface area contributed by atoms with Crippen molar-refractivity contribution in [3.05, 3.63) is 46.6 Å². The molecule has 1 heterocycles. The van der Waals surface area contributed by atoms with Crippen LogP contribution < -0.4 is 5.73 Å². The lowest BCUT2D eigenvalue weighted by molar-refractivity contribution is 0.135. The fourth-order valence-corrected chi connectivity index (χ4v) is 1.96. The van der Waals surface area contributed by atoms with Gasteiger partial charge in [-0.1, -0.05) is 28.9 Å². The van der Waals surface area contributed by atoms with Crippen LogP contribution in [-0.4, -0.2) is 23.9 Å². The van der Waals surface area contributed by atoms with E-state index in [9.17, 15) is 0 Å². The summed E-state index contributed by atoms with van der Waals surface area (Å²) >= 11 is 5.93. The smallest absolute Gasteiger partial charge is 0.231 e. The van der Waals surface area contributed by atoms with Crippen molar-refractivity contribution in [2.75, 3.05) is 13.7 Å². The van der Waals surface area contributed by atoms with Crippen molar-refractivity contribution < 1.29 is 9.26 Å². The van der Waals surface area contributed by atoms with Crippen molar-refractivity contribution >= 4 is 11.6 Å². The van der Waals surface area contributed by atoms with E-state index in [1.54, 1.807) is 14.0 Å². The van der Waals surface area contributed by atoms with Gasteiger partial charge in [0.25, 0.3) is 0 Å². The standard InChI is InChI=1S/C13H16ClN3O2/c1-13(15,8-18-2)12-16-11(19-17-12)7-9-4-3-5-10(14)6-9/h3-6H,7-8,15H2,1-2H3. The highest BCUT2D eigenvalue weighted by molar-refractivity contribution is 6.30. The van der Waals surface area contributed by atoms with Gasteiger partial charge in [-0.3, -0.25) is 0 Å². The number of aromatic nitrogens is 2. The monoisotopic (exact) mass is 281 g/mol. The minimum atomic E-state index is -0.759. The lowest BCUT2D eigenvalue weighted by atomic mass is 10.1. The maximum atomic E-state index is 6.05. The molecule has 0 saturated heterocycles. The summed E-state index contributed by atoms with van der Waals surface area (Å²) in [4.78, 5) is 4.30. The first-order valence-corrected chi connectivity index (χ1v) is 6.24. The molecule has 1 aromatic carbocycles. The fraction of sp³-hybridized carbons (Fsp3) is 0.385. The van der Waals surface area contributed by atoms with Gasteiger partial charge in [0.1, 0.15) is 5.54 Å². The predicted molar refractivity (Wildman–Crippen MR) is 72.0 cm³/mol. The average Bonchev–Trinajstić information content (AvgIpc) is 2.78. The summed E-state index contributed by atoms with van der Waals surface area (Å²) in [6, 6.07) is 7.52. The molecule has 0 bridgehead atoms. The Balaban J connectivity index is 2.13. The van der Waals surface area contributed by atoms with Gasteiger partial charge < -0.3 is 15.0 Å². The Labute approximate surface area is 116 Å². The van der Waals surface area contributed by atoms with Crippen LogP contribution in [0.2, 0.25) is 5.02 Å². The summed E-state index contributed by atoms with van der Waals surface area (Å²) in [5.41, 5.74) is 6.30. The molecule has 0 fully saturated rings. The first-order valence-electron chi connectivity index (χ1n) is 5.86. The lowest BCUT2D eigenvalue weighted by Gasteiger charge is -2.18. The highest BCUT2D eigenvalue weighted by atomic mass is 35.5. The molecule has 0 aliphatic rings. The summed E-state index contributed by atoms with van der Waals surface area (Å²) in [6.07, 6.45) is 0.524. The van der Waals surface area contributed by atoms with Crippen molar-refractivity contribution in [2.24, 2.45) is 5.73 Å². The Morgan fingerprint density at radius 1 is 1.47 bits per heavy atom. The number of nitrogens with two attached hydrogens (primary N) is 1. The van der Waals surface area contributed by atoms with E-state index in [4.69, 9.17) is 26.6 Å². The molecule has 2 N–H and O–H groups in total. The predicted octanol–water partition coefficient (Wildman–Crippen LogP) is 2.13. The van der Waals surface area contributed by atoms with Crippen LogP contribution in [0.25, 0.3) is 0 Å². The molecule has 19 heavy (non-hydrogen) atoms. The molecule has 2 aromatic rings.